The molecule has 222 valence electrons. The lowest BCUT2D eigenvalue weighted by Gasteiger charge is -2.25. The summed E-state index contributed by atoms with van der Waals surface area (Å²) in [5, 5.41) is 12.9. The van der Waals surface area contributed by atoms with Crippen LogP contribution in [0.2, 0.25) is 0 Å². The van der Waals surface area contributed by atoms with Gasteiger partial charge in [-0.3, -0.25) is 19.1 Å². The summed E-state index contributed by atoms with van der Waals surface area (Å²) in [4.78, 5) is 40.3. The molecule has 1 saturated heterocycles. The number of carbonyl (C=O) groups is 3. The fourth-order valence-electron chi connectivity index (χ4n) is 6.01. The smallest absolute Gasteiger partial charge is 0.269 e. The Labute approximate surface area is 246 Å². The number of hydrogen-bond acceptors (Lipinski definition) is 6. The second-order valence-corrected chi connectivity index (χ2v) is 12.4. The molecule has 6 rings (SSSR count). The number of fused-ring (bicyclic) bond motifs is 2. The normalized spacial score (nSPS) is 19.9. The van der Waals surface area contributed by atoms with E-state index in [9.17, 15) is 27.2 Å². The molecule has 13 heteroatoms. The van der Waals surface area contributed by atoms with Crippen molar-refractivity contribution in [2.75, 3.05) is 6.54 Å². The van der Waals surface area contributed by atoms with Gasteiger partial charge in [0.05, 0.1) is 23.0 Å². The molecular weight excluding hydrogens is 575 g/mol. The monoisotopic (exact) mass is 604 g/mol. The van der Waals surface area contributed by atoms with Crippen LogP contribution in [0.15, 0.2) is 71.6 Å². The van der Waals surface area contributed by atoms with Crippen molar-refractivity contribution in [2.45, 2.75) is 49.0 Å². The van der Waals surface area contributed by atoms with Crippen molar-refractivity contribution in [1.29, 1.82) is 0 Å². The van der Waals surface area contributed by atoms with Crippen molar-refractivity contribution in [3.8, 4) is 11.1 Å². The van der Waals surface area contributed by atoms with Crippen molar-refractivity contribution in [2.24, 2.45) is 10.9 Å². The second-order valence-electron chi connectivity index (χ2n) is 10.9. The van der Waals surface area contributed by atoms with Gasteiger partial charge in [-0.15, -0.1) is 0 Å². The summed E-state index contributed by atoms with van der Waals surface area (Å²) in [6.45, 7) is -0.580. The summed E-state index contributed by atoms with van der Waals surface area (Å²) in [5.41, 5.74) is 9.39. The van der Waals surface area contributed by atoms with E-state index in [4.69, 9.17) is 10.9 Å². The highest BCUT2D eigenvalue weighted by Crippen LogP contribution is 2.33. The first kappa shape index (κ1) is 28.5. The number of aryl methyl sites for hydroxylation is 1. The van der Waals surface area contributed by atoms with Crippen molar-refractivity contribution < 1.29 is 27.2 Å². The Hall–Kier alpha value is -4.62. The molecule has 2 heterocycles. The van der Waals surface area contributed by atoms with Crippen molar-refractivity contribution in [3.63, 3.8) is 0 Å². The lowest BCUT2D eigenvalue weighted by molar-refractivity contribution is -0.139. The van der Waals surface area contributed by atoms with Gasteiger partial charge < -0.3 is 16.0 Å². The number of nitrogens with two attached hydrogens (primary N) is 2. The number of rotatable bonds is 7. The summed E-state index contributed by atoms with van der Waals surface area (Å²) in [6, 6.07) is 18.0. The molecule has 3 unspecified atom stereocenters. The Bertz CT molecular complexity index is 1880. The van der Waals surface area contributed by atoms with Gasteiger partial charge in [0.25, 0.3) is 5.91 Å². The molecule has 5 N–H and O–H groups in total. The van der Waals surface area contributed by atoms with E-state index in [1.54, 1.807) is 18.2 Å². The third kappa shape index (κ3) is 5.48. The first-order valence-electron chi connectivity index (χ1n) is 13.7. The van der Waals surface area contributed by atoms with E-state index >= 15 is 0 Å². The molecule has 4 aromatic rings. The zero-order valence-corrected chi connectivity index (χ0v) is 23.8. The number of benzene rings is 3. The van der Waals surface area contributed by atoms with Crippen LogP contribution in [0.1, 0.15) is 40.5 Å². The van der Waals surface area contributed by atoms with Gasteiger partial charge in [-0.05, 0) is 59.4 Å². The van der Waals surface area contributed by atoms with Crippen LogP contribution < -0.4 is 16.2 Å². The van der Waals surface area contributed by atoms with Gasteiger partial charge in [0.2, 0.25) is 21.8 Å². The number of halogens is 1. The number of sulfonamides is 1. The van der Waals surface area contributed by atoms with Gasteiger partial charge in [0.1, 0.15) is 18.8 Å². The van der Waals surface area contributed by atoms with Gasteiger partial charge >= 0.3 is 0 Å². The van der Waals surface area contributed by atoms with Gasteiger partial charge in [0, 0.05) is 11.8 Å². The summed E-state index contributed by atoms with van der Waals surface area (Å²) in [7, 11) is -3.86. The Kier molecular flexibility index (Phi) is 7.22. The van der Waals surface area contributed by atoms with E-state index in [-0.39, 0.29) is 30.1 Å². The lowest BCUT2D eigenvalue weighted by Crippen LogP contribution is -2.47. The van der Waals surface area contributed by atoms with Gasteiger partial charge in [-0.25, -0.2) is 17.9 Å². The number of primary amides is 1. The topological polar surface area (TPSA) is 170 Å². The maximum absolute atomic E-state index is 14.6. The third-order valence-corrected chi connectivity index (χ3v) is 9.00. The minimum Gasteiger partial charge on any atom is -0.364 e. The maximum Gasteiger partial charge on any atom is 0.269 e. The van der Waals surface area contributed by atoms with Crippen LogP contribution in [0, 0.1) is 0 Å². The number of hydrogen-bond donors (Lipinski definition) is 3. The number of likely N-dealkylation sites (tertiary alicyclic amines) is 1. The third-order valence-electron chi connectivity index (χ3n) is 8.09. The highest BCUT2D eigenvalue weighted by Gasteiger charge is 2.41. The molecule has 0 radical (unpaired) electrons. The number of amides is 3. The van der Waals surface area contributed by atoms with Crippen molar-refractivity contribution in [1.82, 2.24) is 20.0 Å². The highest BCUT2D eigenvalue weighted by molar-refractivity contribution is 7.89. The fourth-order valence-corrected chi connectivity index (χ4v) is 6.57. The number of primary sulfonamides is 1. The summed E-state index contributed by atoms with van der Waals surface area (Å²) < 4.78 is 39.4. The molecule has 3 amide bonds. The number of nitrogens with zero attached hydrogens (tertiary/aromatic N) is 3. The van der Waals surface area contributed by atoms with Crippen LogP contribution in [0.5, 0.6) is 0 Å². The molecule has 0 saturated carbocycles. The SMILES string of the molecule is NC(=O)c1nn(CC(=O)N2CC(F)CC2C(=O)NC2CCc3cc(S(N)(=O)=O)ccc32)c2ccc(-c3ccccc3)cc12. The quantitative estimate of drug-likeness (QED) is 0.292. The summed E-state index contributed by atoms with van der Waals surface area (Å²) >= 11 is 0. The molecule has 1 aromatic heterocycles. The van der Waals surface area contributed by atoms with Crippen LogP contribution in [0.25, 0.3) is 22.0 Å². The number of nitrogens with one attached hydrogen (secondary N) is 1. The lowest BCUT2D eigenvalue weighted by atomic mass is 10.0. The average molecular weight is 605 g/mol. The number of alkyl halides is 1. The van der Waals surface area contributed by atoms with Crippen LogP contribution in [-0.4, -0.2) is 59.6 Å². The van der Waals surface area contributed by atoms with E-state index in [0.717, 1.165) is 22.3 Å². The van der Waals surface area contributed by atoms with Crippen LogP contribution in [-0.2, 0) is 32.6 Å². The molecule has 1 fully saturated rings. The number of aromatic nitrogens is 2. The van der Waals surface area contributed by atoms with E-state index in [2.05, 4.69) is 10.4 Å². The fraction of sp³-hybridized carbons (Fsp3) is 0.267. The molecule has 1 aliphatic carbocycles. The Balaban J connectivity index is 1.22. The summed E-state index contributed by atoms with van der Waals surface area (Å²) in [6.07, 6.45) is -0.496. The minimum atomic E-state index is -3.86. The first-order chi connectivity index (χ1) is 20.5. The molecule has 2 aliphatic rings. The predicted molar refractivity (Wildman–Crippen MR) is 156 cm³/mol. The average Bonchev–Trinajstić information content (AvgIpc) is 3.68. The highest BCUT2D eigenvalue weighted by atomic mass is 32.2. The molecule has 0 spiro atoms. The zero-order chi connectivity index (χ0) is 30.5. The van der Waals surface area contributed by atoms with Crippen LogP contribution >= 0.6 is 0 Å². The largest absolute Gasteiger partial charge is 0.364 e. The Morgan fingerprint density at radius 1 is 1.02 bits per heavy atom. The molecule has 0 bridgehead atoms. The Morgan fingerprint density at radius 3 is 2.51 bits per heavy atom. The summed E-state index contributed by atoms with van der Waals surface area (Å²) in [5.74, 6) is -1.79. The van der Waals surface area contributed by atoms with E-state index < -0.39 is 46.0 Å². The molecule has 3 atom stereocenters. The molecule has 43 heavy (non-hydrogen) atoms. The molecule has 3 aromatic carbocycles. The van der Waals surface area contributed by atoms with Crippen LogP contribution in [0.3, 0.4) is 0 Å². The van der Waals surface area contributed by atoms with Gasteiger partial charge in [-0.1, -0.05) is 42.5 Å². The first-order valence-corrected chi connectivity index (χ1v) is 15.3. The second kappa shape index (κ2) is 10.9. The van der Waals surface area contributed by atoms with Crippen molar-refractivity contribution >= 4 is 38.6 Å². The Morgan fingerprint density at radius 2 is 1.79 bits per heavy atom. The van der Waals surface area contributed by atoms with Gasteiger partial charge in [0.15, 0.2) is 5.69 Å². The van der Waals surface area contributed by atoms with Crippen molar-refractivity contribution in [3.05, 3.63) is 83.6 Å². The van der Waals surface area contributed by atoms with Gasteiger partial charge in [-0.2, -0.15) is 5.10 Å². The van der Waals surface area contributed by atoms with E-state index in [1.165, 1.54) is 21.7 Å². The van der Waals surface area contributed by atoms with Crippen LogP contribution in [0.4, 0.5) is 4.39 Å². The maximum atomic E-state index is 14.6. The zero-order valence-electron chi connectivity index (χ0n) is 22.9. The minimum absolute atomic E-state index is 0.00477. The molecule has 11 nitrogen and oxygen atoms in total. The predicted octanol–water partition coefficient (Wildman–Crippen LogP) is 2.19. The molecule has 1 aliphatic heterocycles. The van der Waals surface area contributed by atoms with E-state index in [1.807, 2.05) is 36.4 Å². The van der Waals surface area contributed by atoms with E-state index in [0.29, 0.717) is 23.7 Å². The molecular formula is C30H29FN6O5S. The number of carbonyl (C=O) groups excluding carboxylic acids is 3. The standard InChI is InChI=1S/C30H29FN6O5S/c31-20-14-26(30(40)34-24-10-6-19-12-21(43(33,41)42)8-9-22(19)24)36(15-20)27(38)16-37-25-11-7-18(17-4-2-1-3-5-17)13-23(25)28(35-37)29(32)39/h1-5,7-9,11-13,20,24,26H,6,10,14-16H2,(H2,32,39)(H,34,40)(H2,33,41,42).